The molecule has 0 aliphatic rings. The Bertz CT molecular complexity index is 536. The first-order valence-electron chi connectivity index (χ1n) is 8.21. The van der Waals surface area contributed by atoms with Crippen molar-refractivity contribution in [2.45, 2.75) is 46.4 Å². The molecule has 2 amide bonds. The van der Waals surface area contributed by atoms with Crippen LogP contribution in [0.25, 0.3) is 0 Å². The fourth-order valence-corrected chi connectivity index (χ4v) is 1.97. The molecule has 1 aromatic carbocycles. The first-order chi connectivity index (χ1) is 11.8. The van der Waals surface area contributed by atoms with Crippen LogP contribution in [0.3, 0.4) is 0 Å². The van der Waals surface area contributed by atoms with Crippen LogP contribution in [0.4, 0.5) is 9.59 Å². The van der Waals surface area contributed by atoms with Crippen LogP contribution < -0.4 is 5.43 Å². The van der Waals surface area contributed by atoms with Crippen molar-refractivity contribution >= 4 is 12.2 Å². The van der Waals surface area contributed by atoms with E-state index in [-0.39, 0.29) is 31.9 Å². The molecule has 0 fully saturated rings. The molecule has 0 saturated heterocycles. The number of amides is 2. The Morgan fingerprint density at radius 2 is 1.68 bits per heavy atom. The Morgan fingerprint density at radius 3 is 2.20 bits per heavy atom. The lowest BCUT2D eigenvalue weighted by molar-refractivity contribution is -0.0746. The van der Waals surface area contributed by atoms with E-state index >= 15 is 0 Å². The highest BCUT2D eigenvalue weighted by Crippen LogP contribution is 2.09. The molecule has 0 aliphatic heterocycles. The summed E-state index contributed by atoms with van der Waals surface area (Å²) in [5.74, 6) is 0. The predicted octanol–water partition coefficient (Wildman–Crippen LogP) is 2.29. The molecule has 0 saturated carbocycles. The number of hydrogen-bond donors (Lipinski definition) is 2. The lowest BCUT2D eigenvalue weighted by Gasteiger charge is -2.33. The van der Waals surface area contributed by atoms with Crippen LogP contribution in [0.15, 0.2) is 30.3 Å². The molecular weight excluding hydrogens is 326 g/mol. The number of benzene rings is 1. The number of ether oxygens (including phenoxy) is 2. The van der Waals surface area contributed by atoms with Gasteiger partial charge in [-0.15, -0.1) is 5.12 Å². The maximum atomic E-state index is 12.4. The molecule has 0 aliphatic carbocycles. The van der Waals surface area contributed by atoms with Crippen molar-refractivity contribution in [2.75, 3.05) is 13.2 Å². The lowest BCUT2D eigenvalue weighted by atomic mass is 10.2. The third-order valence-corrected chi connectivity index (χ3v) is 2.90. The van der Waals surface area contributed by atoms with Gasteiger partial charge in [0.25, 0.3) is 0 Å². The minimum absolute atomic E-state index is 0.115. The topological polar surface area (TPSA) is 91.3 Å². The number of aliphatic hydroxyl groups is 1. The van der Waals surface area contributed by atoms with Crippen molar-refractivity contribution in [1.29, 1.82) is 0 Å². The van der Waals surface area contributed by atoms with E-state index in [4.69, 9.17) is 9.47 Å². The van der Waals surface area contributed by atoms with Gasteiger partial charge in [-0.2, -0.15) is 5.01 Å². The van der Waals surface area contributed by atoms with Crippen molar-refractivity contribution in [3.8, 4) is 0 Å². The third kappa shape index (κ3) is 7.86. The SMILES string of the molecule is CC(C)OC(=O)NN(C(=O)OC(C)C)N(CCO)Cc1ccccc1. The number of aliphatic hydroxyl groups excluding tert-OH is 1. The summed E-state index contributed by atoms with van der Waals surface area (Å²) in [7, 11) is 0. The Kier molecular flexibility index (Phi) is 8.73. The van der Waals surface area contributed by atoms with Gasteiger partial charge in [0.15, 0.2) is 0 Å². The normalized spacial score (nSPS) is 10.9. The zero-order valence-corrected chi connectivity index (χ0v) is 15.1. The van der Waals surface area contributed by atoms with E-state index in [1.165, 1.54) is 5.01 Å². The number of nitrogens with zero attached hydrogens (tertiary/aromatic N) is 2. The van der Waals surface area contributed by atoms with Crippen LogP contribution in [-0.2, 0) is 16.0 Å². The summed E-state index contributed by atoms with van der Waals surface area (Å²) in [4.78, 5) is 24.3. The summed E-state index contributed by atoms with van der Waals surface area (Å²) in [5.41, 5.74) is 3.27. The van der Waals surface area contributed by atoms with Gasteiger partial charge in [-0.3, -0.25) is 0 Å². The van der Waals surface area contributed by atoms with Crippen molar-refractivity contribution in [3.63, 3.8) is 0 Å². The molecule has 1 rings (SSSR count). The molecule has 0 heterocycles. The molecule has 0 aromatic heterocycles. The quantitative estimate of drug-likeness (QED) is 0.731. The summed E-state index contributed by atoms with van der Waals surface area (Å²) >= 11 is 0. The predicted molar refractivity (Wildman–Crippen MR) is 92.1 cm³/mol. The van der Waals surface area contributed by atoms with E-state index in [0.717, 1.165) is 10.7 Å². The molecule has 0 radical (unpaired) electrons. The highest BCUT2D eigenvalue weighted by Gasteiger charge is 2.27. The highest BCUT2D eigenvalue weighted by molar-refractivity contribution is 5.73. The molecule has 0 bridgehead atoms. The Labute approximate surface area is 148 Å². The van der Waals surface area contributed by atoms with E-state index in [9.17, 15) is 14.7 Å². The third-order valence-electron chi connectivity index (χ3n) is 2.90. The van der Waals surface area contributed by atoms with Gasteiger partial charge in [-0.1, -0.05) is 30.3 Å². The van der Waals surface area contributed by atoms with E-state index < -0.39 is 12.2 Å². The van der Waals surface area contributed by atoms with Gasteiger partial charge in [0, 0.05) is 13.1 Å². The molecular formula is C17H27N3O5. The second-order valence-electron chi connectivity index (χ2n) is 5.91. The Morgan fingerprint density at radius 1 is 1.08 bits per heavy atom. The molecule has 0 spiro atoms. The second-order valence-corrected chi connectivity index (χ2v) is 5.91. The van der Waals surface area contributed by atoms with Crippen LogP contribution in [0.2, 0.25) is 0 Å². The molecule has 25 heavy (non-hydrogen) atoms. The minimum atomic E-state index is -0.785. The van der Waals surface area contributed by atoms with Crippen LogP contribution in [0.5, 0.6) is 0 Å². The smallest absolute Gasteiger partial charge is 0.444 e. The lowest BCUT2D eigenvalue weighted by Crippen LogP contribution is -2.57. The van der Waals surface area contributed by atoms with E-state index in [1.807, 2.05) is 30.3 Å². The summed E-state index contributed by atoms with van der Waals surface area (Å²) in [6.07, 6.45) is -2.26. The van der Waals surface area contributed by atoms with Crippen LogP contribution in [0.1, 0.15) is 33.3 Å². The Balaban J connectivity index is 2.97. The van der Waals surface area contributed by atoms with Crippen LogP contribution in [0, 0.1) is 0 Å². The maximum absolute atomic E-state index is 12.4. The van der Waals surface area contributed by atoms with Crippen molar-refractivity contribution < 1.29 is 24.2 Å². The zero-order valence-electron chi connectivity index (χ0n) is 15.1. The van der Waals surface area contributed by atoms with Gasteiger partial charge in [0.2, 0.25) is 0 Å². The Hall–Kier alpha value is -2.32. The molecule has 8 heteroatoms. The molecule has 140 valence electrons. The number of carbonyl (C=O) groups is 2. The van der Waals surface area contributed by atoms with Gasteiger partial charge in [-0.25, -0.2) is 15.0 Å². The number of hydrogen-bond acceptors (Lipinski definition) is 6. The summed E-state index contributed by atoms with van der Waals surface area (Å²) in [5, 5.41) is 11.8. The highest BCUT2D eigenvalue weighted by atomic mass is 16.6. The van der Waals surface area contributed by atoms with Gasteiger partial charge in [0.1, 0.15) is 0 Å². The van der Waals surface area contributed by atoms with E-state index in [0.29, 0.717) is 0 Å². The molecule has 8 nitrogen and oxygen atoms in total. The van der Waals surface area contributed by atoms with Gasteiger partial charge in [-0.05, 0) is 33.3 Å². The van der Waals surface area contributed by atoms with Gasteiger partial charge < -0.3 is 14.6 Å². The number of nitrogens with one attached hydrogen (secondary N) is 1. The second kappa shape index (κ2) is 10.5. The number of carbonyl (C=O) groups excluding carboxylic acids is 2. The standard InChI is InChI=1S/C17H27N3O5/c1-13(2)24-16(22)18-20(17(23)25-14(3)4)19(10-11-21)12-15-8-6-5-7-9-15/h5-9,13-14,21H,10-12H2,1-4H3,(H,18,22). The van der Waals surface area contributed by atoms with E-state index in [1.54, 1.807) is 27.7 Å². The average molecular weight is 353 g/mol. The number of hydrazine groups is 2. The van der Waals surface area contributed by atoms with Crippen molar-refractivity contribution in [3.05, 3.63) is 35.9 Å². The largest absolute Gasteiger partial charge is 0.446 e. The van der Waals surface area contributed by atoms with Crippen LogP contribution in [-0.4, -0.2) is 52.8 Å². The number of rotatable bonds is 7. The minimum Gasteiger partial charge on any atom is -0.446 e. The van der Waals surface area contributed by atoms with Gasteiger partial charge >= 0.3 is 12.2 Å². The zero-order chi connectivity index (χ0) is 18.8. The summed E-state index contributed by atoms with van der Waals surface area (Å²) in [6, 6.07) is 9.36. The first-order valence-corrected chi connectivity index (χ1v) is 8.21. The van der Waals surface area contributed by atoms with E-state index in [2.05, 4.69) is 5.43 Å². The summed E-state index contributed by atoms with van der Waals surface area (Å²) < 4.78 is 10.2. The average Bonchev–Trinajstić information content (AvgIpc) is 2.52. The molecule has 0 atom stereocenters. The molecule has 1 aromatic rings. The maximum Gasteiger partial charge on any atom is 0.444 e. The molecule has 2 N–H and O–H groups in total. The first kappa shape index (κ1) is 20.7. The van der Waals surface area contributed by atoms with Gasteiger partial charge in [0.05, 0.1) is 18.8 Å². The van der Waals surface area contributed by atoms with Crippen LogP contribution >= 0.6 is 0 Å². The van der Waals surface area contributed by atoms with Crippen molar-refractivity contribution in [1.82, 2.24) is 15.6 Å². The van der Waals surface area contributed by atoms with Crippen molar-refractivity contribution in [2.24, 2.45) is 0 Å². The fourth-order valence-electron chi connectivity index (χ4n) is 1.97. The summed E-state index contributed by atoms with van der Waals surface area (Å²) in [6.45, 7) is 7.00. The monoisotopic (exact) mass is 353 g/mol. The fraction of sp³-hybridized carbons (Fsp3) is 0.529. The molecule has 0 unspecified atom stereocenters.